The summed E-state index contributed by atoms with van der Waals surface area (Å²) in [6.07, 6.45) is 3.95. The third-order valence-corrected chi connectivity index (χ3v) is 1.79. The molecule has 0 fully saturated rings. The van der Waals surface area contributed by atoms with Gasteiger partial charge in [0, 0.05) is 11.9 Å². The summed E-state index contributed by atoms with van der Waals surface area (Å²) in [7, 11) is 0. The maximum atomic E-state index is 4.13. The Morgan fingerprint density at radius 3 is 2.82 bits per heavy atom. The summed E-state index contributed by atoms with van der Waals surface area (Å²) < 4.78 is 0. The highest BCUT2D eigenvalue weighted by molar-refractivity contribution is 5.63. The van der Waals surface area contributed by atoms with E-state index < -0.39 is 0 Å². The highest BCUT2D eigenvalue weighted by atomic mass is 14.6. The fourth-order valence-corrected chi connectivity index (χ4v) is 0.958. The minimum atomic E-state index is 1.07. The lowest BCUT2D eigenvalue weighted by molar-refractivity contribution is 1.19. The molecule has 0 aliphatic rings. The number of nitrogens with zero attached hydrogens (tertiary/aromatic N) is 1. The maximum Gasteiger partial charge on any atom is 0.0378 e. The van der Waals surface area contributed by atoms with Gasteiger partial charge in [-0.15, -0.1) is 0 Å². The number of pyridine rings is 1. The van der Waals surface area contributed by atoms with Gasteiger partial charge in [0.15, 0.2) is 0 Å². The molecule has 0 saturated carbocycles. The maximum absolute atomic E-state index is 4.13. The van der Waals surface area contributed by atoms with Gasteiger partial charge < -0.3 is 0 Å². The van der Waals surface area contributed by atoms with Crippen molar-refractivity contribution >= 4 is 5.57 Å². The molecule has 1 aromatic rings. The third kappa shape index (κ3) is 1.90. The SMILES string of the molecule is C/C=C(\C)c1ccnc(C)c1. The molecular formula is C10H13N. The average Bonchev–Trinajstić information content (AvgIpc) is 2.03. The fraction of sp³-hybridized carbons (Fsp3) is 0.300. The minimum Gasteiger partial charge on any atom is -0.262 e. The Balaban J connectivity index is 3.06. The standard InChI is InChI=1S/C10H13N/c1-4-8(2)10-5-6-11-9(3)7-10/h4-7H,1-3H3/b8-4+. The Kier molecular flexibility index (Phi) is 2.42. The van der Waals surface area contributed by atoms with Gasteiger partial charge in [0.25, 0.3) is 0 Å². The monoisotopic (exact) mass is 147 g/mol. The molecule has 0 aliphatic heterocycles. The summed E-state index contributed by atoms with van der Waals surface area (Å²) in [4.78, 5) is 4.13. The van der Waals surface area contributed by atoms with Crippen molar-refractivity contribution in [1.82, 2.24) is 4.98 Å². The molecule has 0 aromatic carbocycles. The Morgan fingerprint density at radius 2 is 2.27 bits per heavy atom. The van der Waals surface area contributed by atoms with Gasteiger partial charge in [0.05, 0.1) is 0 Å². The second-order valence-corrected chi connectivity index (χ2v) is 2.66. The second-order valence-electron chi connectivity index (χ2n) is 2.66. The molecule has 11 heavy (non-hydrogen) atoms. The lowest BCUT2D eigenvalue weighted by Gasteiger charge is -1.99. The molecule has 0 spiro atoms. The first-order valence-corrected chi connectivity index (χ1v) is 3.80. The molecule has 0 radical (unpaired) electrons. The Morgan fingerprint density at radius 1 is 1.55 bits per heavy atom. The van der Waals surface area contributed by atoms with Gasteiger partial charge in [-0.25, -0.2) is 0 Å². The van der Waals surface area contributed by atoms with Gasteiger partial charge >= 0.3 is 0 Å². The van der Waals surface area contributed by atoms with E-state index >= 15 is 0 Å². The van der Waals surface area contributed by atoms with E-state index in [4.69, 9.17) is 0 Å². The summed E-state index contributed by atoms with van der Waals surface area (Å²) in [5, 5.41) is 0. The van der Waals surface area contributed by atoms with Crippen LogP contribution in [-0.2, 0) is 0 Å². The van der Waals surface area contributed by atoms with Gasteiger partial charge in [-0.3, -0.25) is 4.98 Å². The van der Waals surface area contributed by atoms with Crippen LogP contribution in [0.15, 0.2) is 24.4 Å². The molecule has 0 atom stereocenters. The van der Waals surface area contributed by atoms with Crippen LogP contribution in [0.2, 0.25) is 0 Å². The zero-order valence-electron chi connectivity index (χ0n) is 7.26. The van der Waals surface area contributed by atoms with Gasteiger partial charge in [-0.05, 0) is 44.0 Å². The van der Waals surface area contributed by atoms with Crippen LogP contribution in [0.3, 0.4) is 0 Å². The van der Waals surface area contributed by atoms with Crippen molar-refractivity contribution in [2.45, 2.75) is 20.8 Å². The topological polar surface area (TPSA) is 12.9 Å². The number of aryl methyl sites for hydroxylation is 1. The summed E-state index contributed by atoms with van der Waals surface area (Å²) in [5.74, 6) is 0. The number of aromatic nitrogens is 1. The van der Waals surface area contributed by atoms with Crippen molar-refractivity contribution in [1.29, 1.82) is 0 Å². The zero-order valence-corrected chi connectivity index (χ0v) is 7.26. The van der Waals surface area contributed by atoms with Crippen LogP contribution in [0.1, 0.15) is 25.1 Å². The molecule has 0 unspecified atom stereocenters. The van der Waals surface area contributed by atoms with E-state index in [1.165, 1.54) is 11.1 Å². The van der Waals surface area contributed by atoms with E-state index in [9.17, 15) is 0 Å². The van der Waals surface area contributed by atoms with E-state index in [1.807, 2.05) is 26.1 Å². The first-order valence-electron chi connectivity index (χ1n) is 3.80. The Hall–Kier alpha value is -1.11. The van der Waals surface area contributed by atoms with Crippen molar-refractivity contribution in [3.8, 4) is 0 Å². The molecule has 1 rings (SSSR count). The lowest BCUT2D eigenvalue weighted by atomic mass is 10.1. The van der Waals surface area contributed by atoms with E-state index in [0.29, 0.717) is 0 Å². The first-order chi connectivity index (χ1) is 5.24. The number of rotatable bonds is 1. The number of allylic oxidation sites excluding steroid dienone is 2. The van der Waals surface area contributed by atoms with Gasteiger partial charge in [0.2, 0.25) is 0 Å². The van der Waals surface area contributed by atoms with Crippen LogP contribution >= 0.6 is 0 Å². The molecule has 1 nitrogen and oxygen atoms in total. The number of hydrogen-bond donors (Lipinski definition) is 0. The van der Waals surface area contributed by atoms with Crippen LogP contribution < -0.4 is 0 Å². The van der Waals surface area contributed by atoms with Gasteiger partial charge in [-0.2, -0.15) is 0 Å². The molecule has 1 heteroatoms. The molecule has 0 bridgehead atoms. The van der Waals surface area contributed by atoms with Crippen LogP contribution in [0.4, 0.5) is 0 Å². The summed E-state index contributed by atoms with van der Waals surface area (Å²) >= 11 is 0. The molecule has 1 aromatic heterocycles. The van der Waals surface area contributed by atoms with Crippen molar-refractivity contribution in [2.24, 2.45) is 0 Å². The predicted molar refractivity (Wildman–Crippen MR) is 48.3 cm³/mol. The molecule has 1 heterocycles. The molecule has 0 N–H and O–H groups in total. The Bertz CT molecular complexity index is 274. The normalized spacial score (nSPS) is 11.7. The average molecular weight is 147 g/mol. The van der Waals surface area contributed by atoms with Crippen molar-refractivity contribution in [3.05, 3.63) is 35.7 Å². The van der Waals surface area contributed by atoms with Gasteiger partial charge in [-0.1, -0.05) is 6.08 Å². The fourth-order valence-electron chi connectivity index (χ4n) is 0.958. The lowest BCUT2D eigenvalue weighted by Crippen LogP contribution is -1.83. The van der Waals surface area contributed by atoms with E-state index in [-0.39, 0.29) is 0 Å². The van der Waals surface area contributed by atoms with Crippen LogP contribution in [0.5, 0.6) is 0 Å². The highest BCUT2D eigenvalue weighted by Crippen LogP contribution is 2.12. The Labute approximate surface area is 67.8 Å². The van der Waals surface area contributed by atoms with Crippen molar-refractivity contribution in [3.63, 3.8) is 0 Å². The predicted octanol–water partition coefficient (Wildman–Crippen LogP) is 2.81. The van der Waals surface area contributed by atoms with Crippen molar-refractivity contribution < 1.29 is 0 Å². The van der Waals surface area contributed by atoms with Gasteiger partial charge in [0.1, 0.15) is 0 Å². The van der Waals surface area contributed by atoms with Crippen LogP contribution in [-0.4, -0.2) is 4.98 Å². The second kappa shape index (κ2) is 3.33. The quantitative estimate of drug-likeness (QED) is 0.595. The molecule has 0 amide bonds. The molecule has 0 aliphatic carbocycles. The van der Waals surface area contributed by atoms with Crippen LogP contribution in [0.25, 0.3) is 5.57 Å². The third-order valence-electron chi connectivity index (χ3n) is 1.79. The first kappa shape index (κ1) is 7.99. The van der Waals surface area contributed by atoms with E-state index in [1.54, 1.807) is 0 Å². The smallest absolute Gasteiger partial charge is 0.0378 e. The summed E-state index contributed by atoms with van der Waals surface area (Å²) in [5.41, 5.74) is 3.64. The summed E-state index contributed by atoms with van der Waals surface area (Å²) in [6, 6.07) is 4.12. The zero-order chi connectivity index (χ0) is 8.27. The number of hydrogen-bond acceptors (Lipinski definition) is 1. The van der Waals surface area contributed by atoms with E-state index in [0.717, 1.165) is 5.69 Å². The molecule has 0 saturated heterocycles. The molecule has 58 valence electrons. The van der Waals surface area contributed by atoms with E-state index in [2.05, 4.69) is 24.1 Å². The summed E-state index contributed by atoms with van der Waals surface area (Å²) in [6.45, 7) is 6.16. The molecular weight excluding hydrogens is 134 g/mol. The van der Waals surface area contributed by atoms with Crippen molar-refractivity contribution in [2.75, 3.05) is 0 Å². The van der Waals surface area contributed by atoms with Crippen LogP contribution in [0, 0.1) is 6.92 Å². The largest absolute Gasteiger partial charge is 0.262 e. The highest BCUT2D eigenvalue weighted by Gasteiger charge is 1.93. The minimum absolute atomic E-state index is 1.07.